The summed E-state index contributed by atoms with van der Waals surface area (Å²) in [6.07, 6.45) is 0. The molecule has 0 saturated heterocycles. The number of aromatic nitrogens is 2. The Labute approximate surface area is 186 Å². The second kappa shape index (κ2) is 9.26. The van der Waals surface area contributed by atoms with Gasteiger partial charge in [-0.1, -0.05) is 68.9 Å². The van der Waals surface area contributed by atoms with Crippen molar-refractivity contribution >= 4 is 29.0 Å². The van der Waals surface area contributed by atoms with Crippen LogP contribution in [-0.4, -0.2) is 33.8 Å². The fourth-order valence-electron chi connectivity index (χ4n) is 2.91. The summed E-state index contributed by atoms with van der Waals surface area (Å²) in [7, 11) is 1.54. The monoisotopic (exact) mass is 438 g/mol. The Morgan fingerprint density at radius 1 is 1.13 bits per heavy atom. The number of ether oxygens (including phenoxy) is 1. The molecular formula is C23H26N4O3S. The first kappa shape index (κ1) is 22.4. The number of hydrogen-bond acceptors (Lipinski definition) is 7. The van der Waals surface area contributed by atoms with Crippen molar-refractivity contribution in [2.45, 2.75) is 31.3 Å². The maximum atomic E-state index is 12.4. The zero-order valence-electron chi connectivity index (χ0n) is 18.0. The van der Waals surface area contributed by atoms with Crippen molar-refractivity contribution in [1.29, 1.82) is 0 Å². The van der Waals surface area contributed by atoms with Crippen LogP contribution in [0.2, 0.25) is 0 Å². The largest absolute Gasteiger partial charge is 0.495 e. The van der Waals surface area contributed by atoms with Gasteiger partial charge in [0.1, 0.15) is 17.1 Å². The summed E-state index contributed by atoms with van der Waals surface area (Å²) in [6.45, 7) is 6.41. The molecule has 3 aromatic rings. The summed E-state index contributed by atoms with van der Waals surface area (Å²) >= 11 is 1.11. The molecule has 1 heterocycles. The molecule has 1 amide bonds. The van der Waals surface area contributed by atoms with Crippen molar-refractivity contribution in [3.05, 3.63) is 54.1 Å². The van der Waals surface area contributed by atoms with E-state index in [-0.39, 0.29) is 33.8 Å². The first-order valence-corrected chi connectivity index (χ1v) is 10.7. The third kappa shape index (κ3) is 5.46. The number of carbonyl (C=O) groups is 1. The van der Waals surface area contributed by atoms with Crippen molar-refractivity contribution in [2.75, 3.05) is 23.9 Å². The van der Waals surface area contributed by atoms with Crippen LogP contribution in [0.15, 0.2) is 53.7 Å². The third-order valence-corrected chi connectivity index (χ3v) is 5.49. The zero-order valence-corrected chi connectivity index (χ0v) is 18.8. The lowest BCUT2D eigenvalue weighted by Gasteiger charge is -2.19. The van der Waals surface area contributed by atoms with Crippen molar-refractivity contribution in [3.8, 4) is 22.9 Å². The molecular weight excluding hydrogens is 412 g/mol. The number of carbonyl (C=O) groups excluding carboxylic acids is 1. The Morgan fingerprint density at radius 2 is 1.81 bits per heavy atom. The average molecular weight is 439 g/mol. The van der Waals surface area contributed by atoms with Crippen LogP contribution in [0.25, 0.3) is 11.3 Å². The van der Waals surface area contributed by atoms with Crippen LogP contribution < -0.4 is 15.8 Å². The van der Waals surface area contributed by atoms with Gasteiger partial charge in [0.05, 0.1) is 18.6 Å². The number of nitrogen functional groups attached to an aromatic ring is 1. The van der Waals surface area contributed by atoms with E-state index in [1.165, 1.54) is 5.56 Å². The molecule has 0 radical (unpaired) electrons. The molecule has 2 aromatic carbocycles. The van der Waals surface area contributed by atoms with Gasteiger partial charge in [-0.05, 0) is 23.1 Å². The van der Waals surface area contributed by atoms with E-state index >= 15 is 0 Å². The number of nitrogens with one attached hydrogen (secondary N) is 1. The van der Waals surface area contributed by atoms with E-state index in [1.54, 1.807) is 19.2 Å². The molecule has 0 aliphatic carbocycles. The lowest BCUT2D eigenvalue weighted by Crippen LogP contribution is -2.15. The Kier molecular flexibility index (Phi) is 6.70. The van der Waals surface area contributed by atoms with Crippen LogP contribution in [0.3, 0.4) is 0 Å². The molecule has 0 aliphatic rings. The molecule has 0 bridgehead atoms. The van der Waals surface area contributed by atoms with E-state index in [0.717, 1.165) is 17.3 Å². The molecule has 8 heteroatoms. The van der Waals surface area contributed by atoms with E-state index in [4.69, 9.17) is 10.5 Å². The maximum absolute atomic E-state index is 12.4. The molecule has 0 saturated carbocycles. The molecule has 4 N–H and O–H groups in total. The molecule has 3 rings (SSSR count). The Bertz CT molecular complexity index is 1080. The Hall–Kier alpha value is -3.26. The topological polar surface area (TPSA) is 110 Å². The molecule has 0 aliphatic heterocycles. The Morgan fingerprint density at radius 3 is 2.45 bits per heavy atom. The lowest BCUT2D eigenvalue weighted by atomic mass is 9.86. The second-order valence-corrected chi connectivity index (χ2v) is 8.90. The normalized spacial score (nSPS) is 11.2. The van der Waals surface area contributed by atoms with E-state index < -0.39 is 0 Å². The highest BCUT2D eigenvalue weighted by Crippen LogP contribution is 2.33. The highest BCUT2D eigenvalue weighted by Gasteiger charge is 2.17. The van der Waals surface area contributed by atoms with E-state index in [9.17, 15) is 9.90 Å². The lowest BCUT2D eigenvalue weighted by molar-refractivity contribution is -0.113. The minimum Gasteiger partial charge on any atom is -0.495 e. The van der Waals surface area contributed by atoms with Crippen LogP contribution in [-0.2, 0) is 10.2 Å². The highest BCUT2D eigenvalue weighted by atomic mass is 32.2. The predicted molar refractivity (Wildman–Crippen MR) is 125 cm³/mol. The highest BCUT2D eigenvalue weighted by molar-refractivity contribution is 7.99. The van der Waals surface area contributed by atoms with Crippen LogP contribution in [0.4, 0.5) is 11.4 Å². The smallest absolute Gasteiger partial charge is 0.239 e. The second-order valence-electron chi connectivity index (χ2n) is 7.96. The molecule has 0 fully saturated rings. The molecule has 0 unspecified atom stereocenters. The molecule has 1 aromatic heterocycles. The summed E-state index contributed by atoms with van der Waals surface area (Å²) in [4.78, 5) is 20.8. The summed E-state index contributed by atoms with van der Waals surface area (Å²) in [5.74, 6) is 0.0790. The van der Waals surface area contributed by atoms with Gasteiger partial charge in [0.15, 0.2) is 5.16 Å². The van der Waals surface area contributed by atoms with E-state index in [0.29, 0.717) is 17.1 Å². The zero-order chi connectivity index (χ0) is 22.6. The summed E-state index contributed by atoms with van der Waals surface area (Å²) in [5.41, 5.74) is 9.10. The van der Waals surface area contributed by atoms with Crippen LogP contribution >= 0.6 is 11.8 Å². The molecule has 0 spiro atoms. The minimum atomic E-state index is -0.308. The number of thioether (sulfide) groups is 1. The number of anilines is 2. The number of aromatic hydroxyl groups is 1. The Balaban J connectivity index is 1.76. The first-order valence-electron chi connectivity index (χ1n) is 9.72. The van der Waals surface area contributed by atoms with Gasteiger partial charge in [-0.25, -0.2) is 4.98 Å². The quantitative estimate of drug-likeness (QED) is 0.385. The number of amides is 1. The number of methoxy groups -OCH3 is 1. The third-order valence-electron chi connectivity index (χ3n) is 4.64. The fraction of sp³-hybridized carbons (Fsp3) is 0.261. The van der Waals surface area contributed by atoms with Gasteiger partial charge in [0, 0.05) is 5.56 Å². The summed E-state index contributed by atoms with van der Waals surface area (Å²) in [5, 5.41) is 13.2. The molecule has 31 heavy (non-hydrogen) atoms. The van der Waals surface area contributed by atoms with Gasteiger partial charge in [0.2, 0.25) is 11.8 Å². The molecule has 0 atom stereocenters. The number of rotatable bonds is 6. The van der Waals surface area contributed by atoms with Crippen LogP contribution in [0.5, 0.6) is 11.6 Å². The minimum absolute atomic E-state index is 0.0215. The van der Waals surface area contributed by atoms with Crippen molar-refractivity contribution in [2.24, 2.45) is 0 Å². The van der Waals surface area contributed by atoms with Gasteiger partial charge >= 0.3 is 0 Å². The van der Waals surface area contributed by atoms with E-state index in [2.05, 4.69) is 36.1 Å². The van der Waals surface area contributed by atoms with Crippen molar-refractivity contribution in [3.63, 3.8) is 0 Å². The fourth-order valence-corrected chi connectivity index (χ4v) is 3.55. The number of hydrogen-bond donors (Lipinski definition) is 3. The maximum Gasteiger partial charge on any atom is 0.239 e. The van der Waals surface area contributed by atoms with Crippen LogP contribution in [0, 0.1) is 0 Å². The van der Waals surface area contributed by atoms with Gasteiger partial charge in [-0.3, -0.25) is 4.79 Å². The van der Waals surface area contributed by atoms with Gasteiger partial charge < -0.3 is 20.9 Å². The van der Waals surface area contributed by atoms with Crippen LogP contribution in [0.1, 0.15) is 26.3 Å². The SMILES string of the molecule is COc1ccccc1NC(=O)CSc1nc(O)c(N)c(-c2ccc(C(C)(C)C)cc2)n1. The summed E-state index contributed by atoms with van der Waals surface area (Å²) in [6, 6.07) is 15.0. The number of para-hydroxylation sites is 2. The van der Waals surface area contributed by atoms with Crippen molar-refractivity contribution < 1.29 is 14.6 Å². The average Bonchev–Trinajstić information content (AvgIpc) is 2.74. The first-order chi connectivity index (χ1) is 14.7. The standard InChI is InChI=1S/C23H26N4O3S/c1-23(2,3)15-11-9-14(10-12-15)20-19(24)21(29)27-22(26-20)31-13-18(28)25-16-7-5-6-8-17(16)30-4/h5-12H,13,24H2,1-4H3,(H,25,28)(H,26,27,29). The van der Waals surface area contributed by atoms with Crippen molar-refractivity contribution in [1.82, 2.24) is 9.97 Å². The number of nitrogens with zero attached hydrogens (tertiary/aromatic N) is 2. The predicted octanol–water partition coefficient (Wildman–Crippen LogP) is 4.47. The summed E-state index contributed by atoms with van der Waals surface area (Å²) < 4.78 is 5.24. The van der Waals surface area contributed by atoms with Gasteiger partial charge in [-0.15, -0.1) is 0 Å². The van der Waals surface area contributed by atoms with E-state index in [1.807, 2.05) is 36.4 Å². The molecule has 7 nitrogen and oxygen atoms in total. The number of nitrogens with two attached hydrogens (primary N) is 1. The number of benzene rings is 2. The van der Waals surface area contributed by atoms with Gasteiger partial charge in [0.25, 0.3) is 0 Å². The molecule has 162 valence electrons. The van der Waals surface area contributed by atoms with Gasteiger partial charge in [-0.2, -0.15) is 4.98 Å².